The van der Waals surface area contributed by atoms with E-state index < -0.39 is 6.04 Å². The molecule has 0 aliphatic rings. The molecular formula is C24H32N2O2S. The van der Waals surface area contributed by atoms with Crippen LogP contribution >= 0.6 is 11.8 Å². The van der Waals surface area contributed by atoms with Crippen molar-refractivity contribution in [1.82, 2.24) is 10.2 Å². The van der Waals surface area contributed by atoms with Crippen LogP contribution in [0.25, 0.3) is 0 Å². The van der Waals surface area contributed by atoms with Gasteiger partial charge in [0.1, 0.15) is 6.04 Å². The Kier molecular flexibility index (Phi) is 9.26. The van der Waals surface area contributed by atoms with E-state index in [-0.39, 0.29) is 11.8 Å². The van der Waals surface area contributed by atoms with Gasteiger partial charge in [0.15, 0.2) is 0 Å². The van der Waals surface area contributed by atoms with Crippen molar-refractivity contribution in [2.24, 2.45) is 0 Å². The van der Waals surface area contributed by atoms with E-state index in [1.54, 1.807) is 16.7 Å². The largest absolute Gasteiger partial charge is 0.355 e. The fourth-order valence-electron chi connectivity index (χ4n) is 3.38. The SMILES string of the molecule is CCNC(=O)[C@H](C)N(CCc1ccccc1)C(=O)CSCc1cc(C)cc(C)c1. The van der Waals surface area contributed by atoms with Crippen LogP contribution in [0.15, 0.2) is 48.5 Å². The van der Waals surface area contributed by atoms with E-state index in [9.17, 15) is 9.59 Å². The number of carbonyl (C=O) groups excluding carboxylic acids is 2. The minimum Gasteiger partial charge on any atom is -0.355 e. The van der Waals surface area contributed by atoms with E-state index >= 15 is 0 Å². The van der Waals surface area contributed by atoms with Gasteiger partial charge in [-0.3, -0.25) is 9.59 Å². The smallest absolute Gasteiger partial charge is 0.242 e. The molecule has 0 radical (unpaired) electrons. The topological polar surface area (TPSA) is 49.4 Å². The zero-order chi connectivity index (χ0) is 21.2. The second-order valence-electron chi connectivity index (χ2n) is 7.38. The maximum atomic E-state index is 13.0. The summed E-state index contributed by atoms with van der Waals surface area (Å²) in [4.78, 5) is 27.0. The third-order valence-corrected chi connectivity index (χ3v) is 5.77. The Morgan fingerprint density at radius 1 is 1.03 bits per heavy atom. The molecule has 0 heterocycles. The van der Waals surface area contributed by atoms with Gasteiger partial charge >= 0.3 is 0 Å². The summed E-state index contributed by atoms with van der Waals surface area (Å²) in [7, 11) is 0. The highest BCUT2D eigenvalue weighted by Gasteiger charge is 2.25. The normalized spacial score (nSPS) is 11.7. The molecule has 2 rings (SSSR count). The van der Waals surface area contributed by atoms with E-state index in [1.165, 1.54) is 16.7 Å². The number of hydrogen-bond acceptors (Lipinski definition) is 3. The number of likely N-dealkylation sites (N-methyl/N-ethyl adjacent to an activating group) is 1. The molecule has 0 saturated carbocycles. The average Bonchev–Trinajstić information content (AvgIpc) is 2.68. The van der Waals surface area contributed by atoms with Gasteiger partial charge in [-0.25, -0.2) is 0 Å². The Morgan fingerprint density at radius 2 is 1.69 bits per heavy atom. The minimum absolute atomic E-state index is 0.00839. The van der Waals surface area contributed by atoms with Crippen molar-refractivity contribution in [3.05, 3.63) is 70.8 Å². The van der Waals surface area contributed by atoms with Crippen molar-refractivity contribution in [2.45, 2.75) is 45.9 Å². The third-order valence-electron chi connectivity index (χ3n) is 4.78. The fourth-order valence-corrected chi connectivity index (χ4v) is 4.23. The van der Waals surface area contributed by atoms with Crippen LogP contribution in [0.3, 0.4) is 0 Å². The number of carbonyl (C=O) groups is 2. The Bertz CT molecular complexity index is 788. The zero-order valence-corrected chi connectivity index (χ0v) is 18.7. The van der Waals surface area contributed by atoms with Gasteiger partial charge in [-0.05, 0) is 45.2 Å². The second kappa shape index (κ2) is 11.7. The van der Waals surface area contributed by atoms with Crippen molar-refractivity contribution >= 4 is 23.6 Å². The molecule has 0 saturated heterocycles. The van der Waals surface area contributed by atoms with Gasteiger partial charge in [-0.15, -0.1) is 11.8 Å². The van der Waals surface area contributed by atoms with E-state index in [4.69, 9.17) is 0 Å². The molecule has 0 spiro atoms. The molecule has 156 valence electrons. The molecule has 2 amide bonds. The molecule has 0 unspecified atom stereocenters. The summed E-state index contributed by atoms with van der Waals surface area (Å²) in [5, 5.41) is 2.83. The first-order valence-electron chi connectivity index (χ1n) is 10.2. The first-order valence-corrected chi connectivity index (χ1v) is 11.3. The molecule has 2 aromatic carbocycles. The van der Waals surface area contributed by atoms with Gasteiger partial charge in [-0.1, -0.05) is 59.7 Å². The number of aryl methyl sites for hydroxylation is 2. The highest BCUT2D eigenvalue weighted by Crippen LogP contribution is 2.17. The highest BCUT2D eigenvalue weighted by molar-refractivity contribution is 7.99. The molecular weight excluding hydrogens is 380 g/mol. The summed E-state index contributed by atoms with van der Waals surface area (Å²) in [6.45, 7) is 8.97. The molecule has 5 heteroatoms. The van der Waals surface area contributed by atoms with Gasteiger partial charge < -0.3 is 10.2 Å². The molecule has 0 aromatic heterocycles. The zero-order valence-electron chi connectivity index (χ0n) is 17.9. The van der Waals surface area contributed by atoms with Crippen LogP contribution in [-0.4, -0.2) is 41.6 Å². The van der Waals surface area contributed by atoms with Gasteiger partial charge in [-0.2, -0.15) is 0 Å². The van der Waals surface area contributed by atoms with Gasteiger partial charge in [0.05, 0.1) is 5.75 Å². The van der Waals surface area contributed by atoms with Crippen LogP contribution in [0.1, 0.15) is 36.1 Å². The Labute approximate surface area is 179 Å². The summed E-state index contributed by atoms with van der Waals surface area (Å²) in [6, 6.07) is 16.1. The maximum Gasteiger partial charge on any atom is 0.242 e. The lowest BCUT2D eigenvalue weighted by atomic mass is 10.1. The number of benzene rings is 2. The maximum absolute atomic E-state index is 13.0. The van der Waals surface area contributed by atoms with Crippen LogP contribution in [0.4, 0.5) is 0 Å². The van der Waals surface area contributed by atoms with Gasteiger partial charge in [0.25, 0.3) is 0 Å². The van der Waals surface area contributed by atoms with E-state index in [0.717, 1.165) is 17.7 Å². The van der Waals surface area contributed by atoms with Crippen LogP contribution in [0.5, 0.6) is 0 Å². The predicted octanol–water partition coefficient (Wildman–Crippen LogP) is 4.13. The van der Waals surface area contributed by atoms with Crippen LogP contribution in [-0.2, 0) is 21.8 Å². The lowest BCUT2D eigenvalue weighted by Gasteiger charge is -2.28. The Hall–Kier alpha value is -2.27. The number of amides is 2. The standard InChI is InChI=1S/C24H32N2O2S/c1-5-25-24(28)20(4)26(12-11-21-9-7-6-8-10-21)23(27)17-29-16-22-14-18(2)13-19(3)15-22/h6-10,13-15,20H,5,11-12,16-17H2,1-4H3,(H,25,28)/t20-/m0/s1. The number of nitrogens with one attached hydrogen (secondary N) is 1. The van der Waals surface area contributed by atoms with Crippen LogP contribution < -0.4 is 5.32 Å². The molecule has 2 aromatic rings. The van der Waals surface area contributed by atoms with Crippen molar-refractivity contribution < 1.29 is 9.59 Å². The number of hydrogen-bond donors (Lipinski definition) is 1. The number of nitrogens with zero attached hydrogens (tertiary/aromatic N) is 1. The monoisotopic (exact) mass is 412 g/mol. The first kappa shape index (κ1) is 23.0. The molecule has 0 aliphatic carbocycles. The van der Waals surface area contributed by atoms with Crippen LogP contribution in [0.2, 0.25) is 0 Å². The minimum atomic E-state index is -0.479. The van der Waals surface area contributed by atoms with E-state index in [2.05, 4.69) is 37.4 Å². The Morgan fingerprint density at radius 3 is 2.31 bits per heavy atom. The third kappa shape index (κ3) is 7.58. The lowest BCUT2D eigenvalue weighted by Crippen LogP contribution is -2.49. The second-order valence-corrected chi connectivity index (χ2v) is 8.37. The first-order chi connectivity index (χ1) is 13.9. The summed E-state index contributed by atoms with van der Waals surface area (Å²) >= 11 is 1.60. The molecule has 1 atom stereocenters. The summed E-state index contributed by atoms with van der Waals surface area (Å²) < 4.78 is 0. The molecule has 29 heavy (non-hydrogen) atoms. The van der Waals surface area contributed by atoms with Crippen molar-refractivity contribution in [2.75, 3.05) is 18.8 Å². The lowest BCUT2D eigenvalue weighted by molar-refractivity contribution is -0.137. The fraction of sp³-hybridized carbons (Fsp3) is 0.417. The van der Waals surface area contributed by atoms with Gasteiger partial charge in [0.2, 0.25) is 11.8 Å². The summed E-state index contributed by atoms with van der Waals surface area (Å²) in [6.07, 6.45) is 0.734. The van der Waals surface area contributed by atoms with Crippen molar-refractivity contribution in [1.29, 1.82) is 0 Å². The van der Waals surface area contributed by atoms with Crippen molar-refractivity contribution in [3.8, 4) is 0 Å². The van der Waals surface area contributed by atoms with E-state index in [1.807, 2.05) is 44.2 Å². The van der Waals surface area contributed by atoms with Crippen LogP contribution in [0, 0.1) is 13.8 Å². The molecule has 0 fully saturated rings. The van der Waals surface area contributed by atoms with Gasteiger partial charge in [0, 0.05) is 18.8 Å². The predicted molar refractivity (Wildman–Crippen MR) is 122 cm³/mol. The molecule has 1 N–H and O–H groups in total. The quantitative estimate of drug-likeness (QED) is 0.638. The summed E-state index contributed by atoms with van der Waals surface area (Å²) in [5.41, 5.74) is 4.87. The average molecular weight is 413 g/mol. The number of thioether (sulfide) groups is 1. The molecule has 0 aliphatic heterocycles. The number of rotatable bonds is 10. The summed E-state index contributed by atoms with van der Waals surface area (Å²) in [5.74, 6) is 1.06. The highest BCUT2D eigenvalue weighted by atomic mass is 32.2. The molecule has 0 bridgehead atoms. The van der Waals surface area contributed by atoms with Crippen molar-refractivity contribution in [3.63, 3.8) is 0 Å². The molecule has 4 nitrogen and oxygen atoms in total. The van der Waals surface area contributed by atoms with E-state index in [0.29, 0.717) is 18.8 Å². The Balaban J connectivity index is 1.99.